The molecule has 0 saturated carbocycles. The number of fused-ring (bicyclic) bond motifs is 1. The van der Waals surface area contributed by atoms with Crippen LogP contribution in [0.3, 0.4) is 0 Å². The van der Waals surface area contributed by atoms with Gasteiger partial charge in [-0.2, -0.15) is 5.10 Å². The lowest BCUT2D eigenvalue weighted by atomic mass is 9.85. The third kappa shape index (κ3) is 1.57. The number of hydrogen-bond donors (Lipinski definition) is 1. The first kappa shape index (κ1) is 9.71. The average molecular weight is 193 g/mol. The second-order valence-electron chi connectivity index (χ2n) is 4.32. The van der Waals surface area contributed by atoms with Crippen LogP contribution in [-0.2, 0) is 19.9 Å². The topological polar surface area (TPSA) is 43.8 Å². The van der Waals surface area contributed by atoms with Crippen molar-refractivity contribution in [2.75, 3.05) is 6.54 Å². The molecular weight excluding hydrogens is 174 g/mol. The minimum Gasteiger partial charge on any atom is -0.330 e. The molecule has 1 unspecified atom stereocenters. The number of aromatic nitrogens is 2. The molecule has 2 rings (SSSR count). The molecule has 14 heavy (non-hydrogen) atoms. The third-order valence-electron chi connectivity index (χ3n) is 3.34. The summed E-state index contributed by atoms with van der Waals surface area (Å²) in [5.41, 5.74) is 9.74. The number of hydrogen-bond acceptors (Lipinski definition) is 2. The number of aryl methyl sites for hydroxylation is 2. The summed E-state index contributed by atoms with van der Waals surface area (Å²) in [4.78, 5) is 0. The lowest BCUT2D eigenvalue weighted by molar-refractivity contribution is 0.419. The predicted octanol–water partition coefficient (Wildman–Crippen LogP) is 1.18. The summed E-state index contributed by atoms with van der Waals surface area (Å²) in [5, 5.41) is 4.47. The summed E-state index contributed by atoms with van der Waals surface area (Å²) in [6.45, 7) is 2.93. The van der Waals surface area contributed by atoms with Crippen molar-refractivity contribution < 1.29 is 0 Å². The number of nitrogens with zero attached hydrogens (tertiary/aromatic N) is 2. The van der Waals surface area contributed by atoms with Crippen molar-refractivity contribution in [3.63, 3.8) is 0 Å². The van der Waals surface area contributed by atoms with E-state index in [0.29, 0.717) is 0 Å². The maximum atomic E-state index is 5.60. The Hall–Kier alpha value is -0.830. The number of nitrogens with two attached hydrogens (primary N) is 1. The van der Waals surface area contributed by atoms with Crippen molar-refractivity contribution in [3.8, 4) is 0 Å². The largest absolute Gasteiger partial charge is 0.330 e. The van der Waals surface area contributed by atoms with E-state index in [1.807, 2.05) is 4.68 Å². The highest BCUT2D eigenvalue weighted by atomic mass is 15.3. The highest BCUT2D eigenvalue weighted by molar-refractivity contribution is 5.28. The lowest BCUT2D eigenvalue weighted by Crippen LogP contribution is -2.19. The smallest absolute Gasteiger partial charge is 0.0628 e. The molecule has 0 aromatic carbocycles. The minimum atomic E-state index is 0.780. The van der Waals surface area contributed by atoms with Crippen LogP contribution >= 0.6 is 0 Å². The molecule has 0 bridgehead atoms. The van der Waals surface area contributed by atoms with Gasteiger partial charge in [0.25, 0.3) is 0 Å². The molecule has 1 aromatic rings. The van der Waals surface area contributed by atoms with Crippen LogP contribution in [0.1, 0.15) is 29.8 Å². The highest BCUT2D eigenvalue weighted by Crippen LogP contribution is 2.28. The summed E-state index contributed by atoms with van der Waals surface area (Å²) >= 11 is 0. The van der Waals surface area contributed by atoms with Gasteiger partial charge in [0.2, 0.25) is 0 Å². The first-order valence-corrected chi connectivity index (χ1v) is 5.43. The molecule has 78 valence electrons. The Kier molecular flexibility index (Phi) is 2.59. The van der Waals surface area contributed by atoms with Crippen molar-refractivity contribution in [2.45, 2.75) is 32.6 Å². The number of rotatable bonds is 2. The van der Waals surface area contributed by atoms with E-state index >= 15 is 0 Å². The van der Waals surface area contributed by atoms with Crippen molar-refractivity contribution in [2.24, 2.45) is 18.7 Å². The molecule has 0 radical (unpaired) electrons. The molecule has 0 spiro atoms. The highest BCUT2D eigenvalue weighted by Gasteiger charge is 2.22. The van der Waals surface area contributed by atoms with Crippen LogP contribution in [0.15, 0.2) is 0 Å². The molecule has 0 aliphatic heterocycles. The van der Waals surface area contributed by atoms with Crippen LogP contribution in [-0.4, -0.2) is 16.3 Å². The van der Waals surface area contributed by atoms with Crippen molar-refractivity contribution in [3.05, 3.63) is 17.0 Å². The van der Waals surface area contributed by atoms with Crippen molar-refractivity contribution >= 4 is 0 Å². The normalized spacial score (nSPS) is 20.9. The van der Waals surface area contributed by atoms with E-state index in [1.165, 1.54) is 36.2 Å². The van der Waals surface area contributed by atoms with Gasteiger partial charge in [-0.15, -0.1) is 0 Å². The Morgan fingerprint density at radius 1 is 1.57 bits per heavy atom. The van der Waals surface area contributed by atoms with Crippen LogP contribution in [0.5, 0.6) is 0 Å². The second-order valence-corrected chi connectivity index (χ2v) is 4.32. The van der Waals surface area contributed by atoms with Crippen LogP contribution in [0.4, 0.5) is 0 Å². The molecule has 1 heterocycles. The van der Waals surface area contributed by atoms with Crippen LogP contribution < -0.4 is 5.73 Å². The van der Waals surface area contributed by atoms with Gasteiger partial charge < -0.3 is 5.73 Å². The van der Waals surface area contributed by atoms with E-state index in [9.17, 15) is 0 Å². The van der Waals surface area contributed by atoms with Gasteiger partial charge in [-0.1, -0.05) is 0 Å². The maximum absolute atomic E-state index is 5.60. The monoisotopic (exact) mass is 193 g/mol. The van der Waals surface area contributed by atoms with E-state index < -0.39 is 0 Å². The molecule has 2 N–H and O–H groups in total. The Labute approximate surface area is 85.3 Å². The first-order chi connectivity index (χ1) is 6.72. The molecule has 3 heteroatoms. The third-order valence-corrected chi connectivity index (χ3v) is 3.34. The summed E-state index contributed by atoms with van der Waals surface area (Å²) in [6, 6.07) is 0. The van der Waals surface area contributed by atoms with Crippen molar-refractivity contribution in [1.29, 1.82) is 0 Å². The van der Waals surface area contributed by atoms with Gasteiger partial charge in [-0.3, -0.25) is 4.68 Å². The summed E-state index contributed by atoms with van der Waals surface area (Å²) in [7, 11) is 2.05. The molecule has 0 fully saturated rings. The molecule has 0 amide bonds. The Morgan fingerprint density at radius 2 is 2.36 bits per heavy atom. The predicted molar refractivity (Wildman–Crippen MR) is 57.1 cm³/mol. The summed E-state index contributed by atoms with van der Waals surface area (Å²) < 4.78 is 2.05. The molecule has 1 aliphatic carbocycles. The average Bonchev–Trinajstić information content (AvgIpc) is 2.43. The standard InChI is InChI=1S/C11H19N3/c1-8-10-4-3-9(5-6-12)7-11(10)14(2)13-8/h9H,3-7,12H2,1-2H3. The van der Waals surface area contributed by atoms with Gasteiger partial charge in [-0.05, 0) is 50.6 Å². The SMILES string of the molecule is Cc1nn(C)c2c1CCC(CCN)C2. The van der Waals surface area contributed by atoms with Gasteiger partial charge in [-0.25, -0.2) is 0 Å². The van der Waals surface area contributed by atoms with Crippen LogP contribution in [0.2, 0.25) is 0 Å². The summed E-state index contributed by atoms with van der Waals surface area (Å²) in [6.07, 6.45) is 4.81. The quantitative estimate of drug-likeness (QED) is 0.766. The Bertz CT molecular complexity index is 328. The zero-order valence-electron chi connectivity index (χ0n) is 9.08. The van der Waals surface area contributed by atoms with Crippen LogP contribution in [0, 0.1) is 12.8 Å². The van der Waals surface area contributed by atoms with E-state index in [4.69, 9.17) is 5.73 Å². The minimum absolute atomic E-state index is 0.780. The van der Waals surface area contributed by atoms with Gasteiger partial charge in [0.1, 0.15) is 0 Å². The fourth-order valence-electron chi connectivity index (χ4n) is 2.54. The van der Waals surface area contributed by atoms with Crippen LogP contribution in [0.25, 0.3) is 0 Å². The van der Waals surface area contributed by atoms with Crippen molar-refractivity contribution in [1.82, 2.24) is 9.78 Å². The molecule has 1 aromatic heterocycles. The van der Waals surface area contributed by atoms with Gasteiger partial charge >= 0.3 is 0 Å². The van der Waals surface area contributed by atoms with E-state index in [2.05, 4.69) is 19.1 Å². The lowest BCUT2D eigenvalue weighted by Gasteiger charge is -2.22. The molecule has 3 nitrogen and oxygen atoms in total. The fourth-order valence-corrected chi connectivity index (χ4v) is 2.54. The molecule has 0 saturated heterocycles. The Balaban J connectivity index is 2.21. The zero-order valence-corrected chi connectivity index (χ0v) is 9.08. The van der Waals surface area contributed by atoms with E-state index in [-0.39, 0.29) is 0 Å². The summed E-state index contributed by atoms with van der Waals surface area (Å²) in [5.74, 6) is 0.780. The zero-order chi connectivity index (χ0) is 10.1. The molecular formula is C11H19N3. The second kappa shape index (κ2) is 3.73. The maximum Gasteiger partial charge on any atom is 0.0628 e. The molecule has 1 atom stereocenters. The van der Waals surface area contributed by atoms with Gasteiger partial charge in [0.05, 0.1) is 5.69 Å². The van der Waals surface area contributed by atoms with E-state index in [0.717, 1.165) is 18.9 Å². The first-order valence-electron chi connectivity index (χ1n) is 5.43. The fraction of sp³-hybridized carbons (Fsp3) is 0.727. The van der Waals surface area contributed by atoms with Gasteiger partial charge in [0.15, 0.2) is 0 Å². The Morgan fingerprint density at radius 3 is 3.07 bits per heavy atom. The van der Waals surface area contributed by atoms with E-state index in [1.54, 1.807) is 0 Å². The van der Waals surface area contributed by atoms with Gasteiger partial charge in [0, 0.05) is 12.7 Å². The molecule has 1 aliphatic rings.